The fourth-order valence-corrected chi connectivity index (χ4v) is 3.70. The molecule has 0 atom stereocenters. The molecule has 3 aromatic rings. The first kappa shape index (κ1) is 16.8. The van der Waals surface area contributed by atoms with Gasteiger partial charge in [-0.05, 0) is 35.0 Å². The maximum absolute atomic E-state index is 12.9. The van der Waals surface area contributed by atoms with E-state index in [-0.39, 0.29) is 5.95 Å². The highest BCUT2D eigenvalue weighted by Gasteiger charge is 2.30. The molecule has 0 bridgehead atoms. The first-order valence-electron chi connectivity index (χ1n) is 6.69. The third-order valence-electron chi connectivity index (χ3n) is 3.21. The summed E-state index contributed by atoms with van der Waals surface area (Å²) < 4.78 is 39.3. The van der Waals surface area contributed by atoms with Crippen molar-refractivity contribution < 1.29 is 13.2 Å². The monoisotopic (exact) mass is 414 g/mol. The smallest absolute Gasteiger partial charge is 0.368 e. The van der Waals surface area contributed by atoms with Crippen LogP contribution in [0.3, 0.4) is 0 Å². The molecule has 3 rings (SSSR count). The minimum Gasteiger partial charge on any atom is -0.368 e. The Kier molecular flexibility index (Phi) is 4.31. The molecular weight excluding hydrogens is 405 g/mol. The van der Waals surface area contributed by atoms with Crippen molar-refractivity contribution in [3.05, 3.63) is 46.2 Å². The van der Waals surface area contributed by atoms with Crippen molar-refractivity contribution in [1.82, 2.24) is 15.0 Å². The van der Waals surface area contributed by atoms with Crippen LogP contribution in [0.4, 0.5) is 19.1 Å². The predicted octanol–water partition coefficient (Wildman–Crippen LogP) is 4.94. The topological polar surface area (TPSA) is 64.7 Å². The molecule has 4 nitrogen and oxygen atoms in total. The third-order valence-corrected chi connectivity index (χ3v) is 5.00. The van der Waals surface area contributed by atoms with Gasteiger partial charge < -0.3 is 5.73 Å². The van der Waals surface area contributed by atoms with Crippen LogP contribution in [0.1, 0.15) is 11.3 Å². The summed E-state index contributed by atoms with van der Waals surface area (Å²) in [7, 11) is 0. The zero-order valence-electron chi connectivity index (χ0n) is 12.2. The molecule has 0 unspecified atom stereocenters. The van der Waals surface area contributed by atoms with Crippen LogP contribution in [0, 0.1) is 6.92 Å². The van der Waals surface area contributed by atoms with Gasteiger partial charge in [0.25, 0.3) is 0 Å². The molecular formula is C15H10BrF3N4S. The molecule has 0 aliphatic rings. The molecule has 2 N–H and O–H groups in total. The fourth-order valence-electron chi connectivity index (χ4n) is 2.11. The van der Waals surface area contributed by atoms with Crippen molar-refractivity contribution in [1.29, 1.82) is 0 Å². The first-order valence-corrected chi connectivity index (χ1v) is 8.30. The molecule has 1 aromatic carbocycles. The van der Waals surface area contributed by atoms with E-state index in [9.17, 15) is 13.2 Å². The number of aromatic nitrogens is 3. The Morgan fingerprint density at radius 2 is 1.96 bits per heavy atom. The number of nitrogen functional groups attached to an aromatic ring is 1. The third kappa shape index (κ3) is 3.27. The summed E-state index contributed by atoms with van der Waals surface area (Å²) in [4.78, 5) is 13.2. The van der Waals surface area contributed by atoms with E-state index in [4.69, 9.17) is 5.73 Å². The highest BCUT2D eigenvalue weighted by atomic mass is 79.9. The Hall–Kier alpha value is -2.00. The molecule has 0 amide bonds. The molecule has 0 saturated carbocycles. The van der Waals surface area contributed by atoms with Crippen molar-refractivity contribution in [2.45, 2.75) is 13.1 Å². The van der Waals surface area contributed by atoms with Gasteiger partial charge in [-0.2, -0.15) is 13.2 Å². The molecule has 2 aromatic heterocycles. The lowest BCUT2D eigenvalue weighted by molar-refractivity contribution is -0.137. The van der Waals surface area contributed by atoms with Crippen LogP contribution < -0.4 is 5.73 Å². The second kappa shape index (κ2) is 6.14. The zero-order valence-corrected chi connectivity index (χ0v) is 14.6. The van der Waals surface area contributed by atoms with Gasteiger partial charge in [0.2, 0.25) is 5.95 Å². The number of aryl methyl sites for hydroxylation is 1. The average Bonchev–Trinajstić information content (AvgIpc) is 2.91. The Balaban J connectivity index is 2.08. The van der Waals surface area contributed by atoms with E-state index < -0.39 is 11.7 Å². The summed E-state index contributed by atoms with van der Waals surface area (Å²) in [6.45, 7) is 1.77. The van der Waals surface area contributed by atoms with Gasteiger partial charge in [-0.1, -0.05) is 12.1 Å². The lowest BCUT2D eigenvalue weighted by Gasteiger charge is -2.07. The van der Waals surface area contributed by atoms with Crippen LogP contribution >= 0.6 is 27.3 Å². The lowest BCUT2D eigenvalue weighted by Crippen LogP contribution is -2.04. The summed E-state index contributed by atoms with van der Waals surface area (Å²) in [5, 5.41) is 0.484. The largest absolute Gasteiger partial charge is 0.416 e. The summed E-state index contributed by atoms with van der Waals surface area (Å²) in [5.74, 6) is 0.113. The molecule has 0 aliphatic carbocycles. The summed E-state index contributed by atoms with van der Waals surface area (Å²) >= 11 is 4.61. The Morgan fingerprint density at radius 1 is 1.21 bits per heavy atom. The Labute approximate surface area is 147 Å². The van der Waals surface area contributed by atoms with Gasteiger partial charge in [0, 0.05) is 11.8 Å². The first-order chi connectivity index (χ1) is 11.3. The van der Waals surface area contributed by atoms with E-state index in [2.05, 4.69) is 30.9 Å². The van der Waals surface area contributed by atoms with Crippen molar-refractivity contribution in [3.63, 3.8) is 0 Å². The van der Waals surface area contributed by atoms with Crippen molar-refractivity contribution in [2.75, 3.05) is 5.73 Å². The number of alkyl halides is 3. The molecule has 0 saturated heterocycles. The summed E-state index contributed by atoms with van der Waals surface area (Å²) in [6.07, 6.45) is -2.87. The molecule has 0 radical (unpaired) electrons. The van der Waals surface area contributed by atoms with E-state index in [0.717, 1.165) is 17.0 Å². The number of hydrogen-bond acceptors (Lipinski definition) is 5. The number of benzene rings is 1. The molecule has 0 aliphatic heterocycles. The number of halogens is 4. The molecule has 124 valence electrons. The van der Waals surface area contributed by atoms with E-state index in [1.54, 1.807) is 13.0 Å². The Bertz CT molecular complexity index is 908. The summed E-state index contributed by atoms with van der Waals surface area (Å²) in [6, 6.07) is 5.09. The average molecular weight is 415 g/mol. The maximum Gasteiger partial charge on any atom is 0.416 e. The number of hydrogen-bond donors (Lipinski definition) is 1. The van der Waals surface area contributed by atoms with Gasteiger partial charge in [-0.15, -0.1) is 11.3 Å². The van der Waals surface area contributed by atoms with E-state index in [1.807, 2.05) is 0 Å². The van der Waals surface area contributed by atoms with Gasteiger partial charge in [-0.25, -0.2) is 15.0 Å². The predicted molar refractivity (Wildman–Crippen MR) is 90.4 cm³/mol. The molecule has 9 heteroatoms. The minimum absolute atomic E-state index is 0.113. The van der Waals surface area contributed by atoms with Crippen molar-refractivity contribution in [3.8, 4) is 21.1 Å². The number of nitrogens with two attached hydrogens (primary N) is 1. The molecule has 0 spiro atoms. The van der Waals surface area contributed by atoms with Crippen molar-refractivity contribution >= 4 is 33.2 Å². The lowest BCUT2D eigenvalue weighted by atomic mass is 10.1. The highest BCUT2D eigenvalue weighted by molar-refractivity contribution is 9.10. The SMILES string of the molecule is Cc1nc(-c2cccc(C(F)(F)F)c2)sc1-c1nc(N)ncc1Br. The fraction of sp³-hybridized carbons (Fsp3) is 0.133. The van der Waals surface area contributed by atoms with Gasteiger partial charge in [0.15, 0.2) is 0 Å². The number of nitrogens with zero attached hydrogens (tertiary/aromatic N) is 3. The molecule has 2 heterocycles. The molecule has 24 heavy (non-hydrogen) atoms. The quantitative estimate of drug-likeness (QED) is 0.644. The standard InChI is InChI=1S/C15H10BrF3N4S/c1-7-12(11-10(16)6-21-14(20)23-11)24-13(22-7)8-3-2-4-9(5-8)15(17,18)19/h2-6H,1H3,(H2,20,21,23). The van der Waals surface area contributed by atoms with Crippen molar-refractivity contribution in [2.24, 2.45) is 0 Å². The van der Waals surface area contributed by atoms with Gasteiger partial charge in [-0.3, -0.25) is 0 Å². The van der Waals surface area contributed by atoms with Gasteiger partial charge in [0.05, 0.1) is 20.6 Å². The van der Waals surface area contributed by atoms with Crippen LogP contribution in [-0.2, 0) is 6.18 Å². The van der Waals surface area contributed by atoms with Gasteiger partial charge >= 0.3 is 6.18 Å². The van der Waals surface area contributed by atoms with Crippen LogP contribution in [0.2, 0.25) is 0 Å². The van der Waals surface area contributed by atoms with E-state index in [1.165, 1.54) is 23.6 Å². The van der Waals surface area contributed by atoms with Gasteiger partial charge in [0.1, 0.15) is 10.7 Å². The zero-order chi connectivity index (χ0) is 17.5. The minimum atomic E-state index is -4.39. The van der Waals surface area contributed by atoms with Crippen LogP contribution in [0.25, 0.3) is 21.1 Å². The number of anilines is 1. The van der Waals surface area contributed by atoms with Crippen LogP contribution in [0.5, 0.6) is 0 Å². The van der Waals surface area contributed by atoms with Crippen LogP contribution in [0.15, 0.2) is 34.9 Å². The summed E-state index contributed by atoms with van der Waals surface area (Å²) in [5.41, 5.74) is 6.54. The Morgan fingerprint density at radius 3 is 2.67 bits per heavy atom. The maximum atomic E-state index is 12.9. The highest BCUT2D eigenvalue weighted by Crippen LogP contribution is 2.39. The number of thiazole rings is 1. The second-order valence-electron chi connectivity index (χ2n) is 4.94. The normalized spacial score (nSPS) is 11.7. The molecule has 0 fully saturated rings. The van der Waals surface area contributed by atoms with Crippen LogP contribution in [-0.4, -0.2) is 15.0 Å². The van der Waals surface area contributed by atoms with E-state index >= 15 is 0 Å². The van der Waals surface area contributed by atoms with E-state index in [0.29, 0.717) is 26.4 Å². The number of rotatable bonds is 2. The second-order valence-corrected chi connectivity index (χ2v) is 6.79.